The molecular formula is C20H24N6O3. The van der Waals surface area contributed by atoms with Crippen molar-refractivity contribution in [3.8, 4) is 0 Å². The highest BCUT2D eigenvalue weighted by Crippen LogP contribution is 2.24. The molecule has 1 unspecified atom stereocenters. The monoisotopic (exact) mass is 396 g/mol. The minimum atomic E-state index is -0.166. The predicted molar refractivity (Wildman–Crippen MR) is 107 cm³/mol. The predicted octanol–water partition coefficient (Wildman–Crippen LogP) is 1.02. The van der Waals surface area contributed by atoms with Crippen LogP contribution < -0.4 is 10.6 Å². The fourth-order valence-corrected chi connectivity index (χ4v) is 4.32. The molecule has 4 heterocycles. The van der Waals surface area contributed by atoms with E-state index in [0.29, 0.717) is 38.6 Å². The van der Waals surface area contributed by atoms with Crippen molar-refractivity contribution >= 4 is 23.0 Å². The average Bonchev–Trinajstić information content (AvgIpc) is 3.18. The van der Waals surface area contributed by atoms with Gasteiger partial charge in [-0.3, -0.25) is 9.36 Å². The van der Waals surface area contributed by atoms with E-state index in [-0.39, 0.29) is 17.5 Å². The summed E-state index contributed by atoms with van der Waals surface area (Å²) >= 11 is 0. The van der Waals surface area contributed by atoms with Crippen LogP contribution >= 0.6 is 0 Å². The number of carbonyl (C=O) groups is 1. The Kier molecular flexibility index (Phi) is 4.37. The van der Waals surface area contributed by atoms with Crippen molar-refractivity contribution in [2.45, 2.75) is 25.8 Å². The summed E-state index contributed by atoms with van der Waals surface area (Å²) in [5, 5.41) is 4.25. The second-order valence-corrected chi connectivity index (χ2v) is 7.80. The number of aryl methyl sites for hydroxylation is 2. The molecule has 1 saturated heterocycles. The fourth-order valence-electron chi connectivity index (χ4n) is 4.32. The van der Waals surface area contributed by atoms with E-state index in [4.69, 9.17) is 4.42 Å². The molecule has 0 spiro atoms. The molecule has 0 radical (unpaired) electrons. The van der Waals surface area contributed by atoms with Gasteiger partial charge in [0.15, 0.2) is 5.58 Å². The van der Waals surface area contributed by atoms with E-state index in [2.05, 4.69) is 15.0 Å². The Balaban J connectivity index is 1.27. The maximum atomic E-state index is 13.1. The van der Waals surface area contributed by atoms with Crippen molar-refractivity contribution in [1.82, 2.24) is 24.2 Å². The molecule has 9 heteroatoms. The fraction of sp³-hybridized carbons (Fsp3) is 0.500. The Morgan fingerprint density at radius 2 is 2.03 bits per heavy atom. The van der Waals surface area contributed by atoms with E-state index in [0.717, 1.165) is 36.3 Å². The second kappa shape index (κ2) is 7.06. The first-order chi connectivity index (χ1) is 14.1. The maximum Gasteiger partial charge on any atom is 0.345 e. The molecule has 5 rings (SSSR count). The van der Waals surface area contributed by atoms with Crippen LogP contribution in [0.2, 0.25) is 0 Å². The van der Waals surface area contributed by atoms with Crippen LogP contribution in [-0.2, 0) is 24.8 Å². The van der Waals surface area contributed by atoms with Gasteiger partial charge in [-0.25, -0.2) is 9.48 Å². The summed E-state index contributed by atoms with van der Waals surface area (Å²) in [6.45, 7) is 3.24. The van der Waals surface area contributed by atoms with Crippen LogP contribution in [0.5, 0.6) is 0 Å². The molecule has 9 nitrogen and oxygen atoms in total. The SMILES string of the molecule is Cn1nc2n(c1=O)CC(C(=O)N1CCCN(c3nc4ccccc4o3)CC1)CC2. The zero-order chi connectivity index (χ0) is 20.0. The lowest BCUT2D eigenvalue weighted by atomic mass is 9.97. The molecule has 1 amide bonds. The van der Waals surface area contributed by atoms with E-state index in [9.17, 15) is 9.59 Å². The summed E-state index contributed by atoms with van der Waals surface area (Å²) < 4.78 is 8.89. The molecule has 2 aromatic heterocycles. The van der Waals surface area contributed by atoms with Gasteiger partial charge in [-0.15, -0.1) is 0 Å². The summed E-state index contributed by atoms with van der Waals surface area (Å²) in [6, 6.07) is 8.35. The molecule has 0 aliphatic carbocycles. The number of fused-ring (bicyclic) bond motifs is 2. The first kappa shape index (κ1) is 18.0. The minimum Gasteiger partial charge on any atom is -0.423 e. The number of nitrogens with zero attached hydrogens (tertiary/aromatic N) is 6. The molecule has 29 heavy (non-hydrogen) atoms. The number of hydrogen-bond acceptors (Lipinski definition) is 6. The number of benzene rings is 1. The first-order valence-corrected chi connectivity index (χ1v) is 10.1. The summed E-state index contributed by atoms with van der Waals surface area (Å²) in [5.74, 6) is 0.741. The van der Waals surface area contributed by atoms with Gasteiger partial charge in [-0.05, 0) is 25.0 Å². The van der Waals surface area contributed by atoms with Crippen LogP contribution in [0.4, 0.5) is 6.01 Å². The zero-order valence-corrected chi connectivity index (χ0v) is 16.5. The molecule has 1 atom stereocenters. The molecule has 3 aromatic rings. The standard InChI is InChI=1S/C20H24N6O3/c1-23-20(28)26-13-14(7-8-17(26)22-23)18(27)24-9-4-10-25(12-11-24)19-21-15-5-2-3-6-16(15)29-19/h2-3,5-6,14H,4,7-13H2,1H3. The minimum absolute atomic E-state index is 0.130. The molecule has 152 valence electrons. The first-order valence-electron chi connectivity index (χ1n) is 10.1. The van der Waals surface area contributed by atoms with E-state index >= 15 is 0 Å². The van der Waals surface area contributed by atoms with Crippen LogP contribution in [-0.4, -0.2) is 56.3 Å². The Morgan fingerprint density at radius 3 is 2.90 bits per heavy atom. The summed E-state index contributed by atoms with van der Waals surface area (Å²) in [7, 11) is 1.65. The van der Waals surface area contributed by atoms with Gasteiger partial charge >= 0.3 is 5.69 Å². The van der Waals surface area contributed by atoms with E-state index < -0.39 is 0 Å². The number of para-hydroxylation sites is 2. The van der Waals surface area contributed by atoms with Crippen molar-refractivity contribution in [2.75, 3.05) is 31.1 Å². The van der Waals surface area contributed by atoms with Gasteiger partial charge in [0.2, 0.25) is 5.91 Å². The Morgan fingerprint density at radius 1 is 1.17 bits per heavy atom. The molecule has 1 aromatic carbocycles. The lowest BCUT2D eigenvalue weighted by Crippen LogP contribution is -2.43. The lowest BCUT2D eigenvalue weighted by Gasteiger charge is -2.28. The summed E-state index contributed by atoms with van der Waals surface area (Å²) in [4.78, 5) is 34.0. The molecular weight excluding hydrogens is 372 g/mol. The van der Waals surface area contributed by atoms with Crippen molar-refractivity contribution in [2.24, 2.45) is 13.0 Å². The van der Waals surface area contributed by atoms with Gasteiger partial charge in [0.1, 0.15) is 11.3 Å². The number of rotatable bonds is 2. The number of carbonyl (C=O) groups excluding carboxylic acids is 1. The Labute approximate surface area is 167 Å². The number of amides is 1. The Bertz CT molecular complexity index is 1080. The van der Waals surface area contributed by atoms with Crippen molar-refractivity contribution < 1.29 is 9.21 Å². The molecule has 0 saturated carbocycles. The van der Waals surface area contributed by atoms with Crippen LogP contribution in [0, 0.1) is 5.92 Å². The van der Waals surface area contributed by atoms with Crippen LogP contribution in [0.15, 0.2) is 33.5 Å². The lowest BCUT2D eigenvalue weighted by molar-refractivity contribution is -0.136. The Hall–Kier alpha value is -3.10. The highest BCUT2D eigenvalue weighted by Gasteiger charge is 2.32. The van der Waals surface area contributed by atoms with Gasteiger partial charge in [-0.2, -0.15) is 10.1 Å². The van der Waals surface area contributed by atoms with Crippen LogP contribution in [0.1, 0.15) is 18.7 Å². The van der Waals surface area contributed by atoms with Gasteiger partial charge in [0, 0.05) is 46.2 Å². The van der Waals surface area contributed by atoms with Crippen molar-refractivity contribution in [3.63, 3.8) is 0 Å². The molecule has 0 bridgehead atoms. The van der Waals surface area contributed by atoms with E-state index in [1.165, 1.54) is 4.68 Å². The van der Waals surface area contributed by atoms with Gasteiger partial charge < -0.3 is 14.2 Å². The van der Waals surface area contributed by atoms with Gasteiger partial charge in [0.05, 0.1) is 5.92 Å². The highest BCUT2D eigenvalue weighted by molar-refractivity contribution is 5.79. The largest absolute Gasteiger partial charge is 0.423 e. The third-order valence-electron chi connectivity index (χ3n) is 5.91. The topological polar surface area (TPSA) is 89.4 Å². The van der Waals surface area contributed by atoms with E-state index in [1.54, 1.807) is 11.6 Å². The number of oxazole rings is 1. The number of aromatic nitrogens is 4. The number of anilines is 1. The van der Waals surface area contributed by atoms with Crippen LogP contribution in [0.3, 0.4) is 0 Å². The third-order valence-corrected chi connectivity index (χ3v) is 5.91. The van der Waals surface area contributed by atoms with Gasteiger partial charge in [0.25, 0.3) is 6.01 Å². The third kappa shape index (κ3) is 3.20. The summed E-state index contributed by atoms with van der Waals surface area (Å²) in [6.07, 6.45) is 2.26. The van der Waals surface area contributed by atoms with Gasteiger partial charge in [-0.1, -0.05) is 12.1 Å². The molecule has 2 aliphatic heterocycles. The molecule has 1 fully saturated rings. The van der Waals surface area contributed by atoms with E-state index in [1.807, 2.05) is 29.2 Å². The normalized spacial score (nSPS) is 20.0. The molecule has 0 N–H and O–H groups in total. The summed E-state index contributed by atoms with van der Waals surface area (Å²) in [5.41, 5.74) is 1.48. The quantitative estimate of drug-likeness (QED) is 0.643. The van der Waals surface area contributed by atoms with Crippen molar-refractivity contribution in [3.05, 3.63) is 40.6 Å². The van der Waals surface area contributed by atoms with Crippen molar-refractivity contribution in [1.29, 1.82) is 0 Å². The zero-order valence-electron chi connectivity index (χ0n) is 16.5. The van der Waals surface area contributed by atoms with Crippen LogP contribution in [0.25, 0.3) is 11.1 Å². The maximum absolute atomic E-state index is 13.1. The molecule has 2 aliphatic rings. The average molecular weight is 396 g/mol. The second-order valence-electron chi connectivity index (χ2n) is 7.80. The highest BCUT2D eigenvalue weighted by atomic mass is 16.4. The number of hydrogen-bond donors (Lipinski definition) is 0. The smallest absolute Gasteiger partial charge is 0.345 e.